The van der Waals surface area contributed by atoms with Gasteiger partial charge in [-0.05, 0) is 129 Å². The second-order valence-corrected chi connectivity index (χ2v) is 18.7. The molecule has 0 saturated carbocycles. The minimum Gasteiger partial charge on any atom is -0.469 e. The number of likely N-dealkylation sites (N-methyl/N-ethyl adjacent to an activating group) is 4. The molecule has 0 aliphatic carbocycles. The molecule has 0 spiro atoms. The summed E-state index contributed by atoms with van der Waals surface area (Å²) >= 11 is 0. The van der Waals surface area contributed by atoms with Crippen molar-refractivity contribution >= 4 is 27.9 Å². The summed E-state index contributed by atoms with van der Waals surface area (Å²) in [6.45, 7) is 35.4. The highest BCUT2D eigenvalue weighted by molar-refractivity contribution is 7.88. The molecule has 13 heteroatoms. The zero-order valence-corrected chi connectivity index (χ0v) is 40.2. The Bertz CT molecular complexity index is 1260. The fourth-order valence-corrected chi connectivity index (χ4v) is 9.46. The van der Waals surface area contributed by atoms with Crippen LogP contribution in [0.25, 0.3) is 0 Å². The maximum atomic E-state index is 12.6. The Morgan fingerprint density at radius 1 is 0.481 bits per heavy atom. The third-order valence-corrected chi connectivity index (χ3v) is 15.8. The van der Waals surface area contributed by atoms with Gasteiger partial charge in [-0.15, -0.1) is 0 Å². The minimum absolute atomic E-state index is 0.186. The van der Waals surface area contributed by atoms with Gasteiger partial charge in [-0.2, -0.15) is 4.31 Å². The summed E-state index contributed by atoms with van der Waals surface area (Å²) < 4.78 is 39.9. The molecule has 0 aromatic carbocycles. The van der Waals surface area contributed by atoms with Gasteiger partial charge >= 0.3 is 17.9 Å². The molecule has 0 bridgehead atoms. The van der Waals surface area contributed by atoms with E-state index in [2.05, 4.69) is 105 Å². The van der Waals surface area contributed by atoms with Crippen LogP contribution in [0.2, 0.25) is 0 Å². The molecule has 3 unspecified atom stereocenters. The third kappa shape index (κ3) is 10.8. The molecule has 0 aliphatic rings. The van der Waals surface area contributed by atoms with E-state index in [1.165, 1.54) is 38.3 Å². The molecule has 0 saturated heterocycles. The van der Waals surface area contributed by atoms with Crippen LogP contribution in [0.5, 0.6) is 0 Å². The van der Waals surface area contributed by atoms with Crippen LogP contribution < -0.4 is 0 Å². The topological polar surface area (TPSA) is 126 Å². The standard InChI is InChI=1S/C15H26O6.C13H30N2O2S.C13H30N2/c1-9-15(12(18)21-8,13(2,3)10(16)19-6)14(4,5)11(17)20-7;1-9-12(4,14(6)11-3)13(5,10-2)15(7)18(8,16)17;1-9-13(6,15(8)11-3)12(4,5)14(7)10-2/h9H2,1-8H3;9-11H2,1-8H3;9-11H2,1-8H3. The molecule has 0 N–H and O–H groups in total. The summed E-state index contributed by atoms with van der Waals surface area (Å²) in [5, 5.41) is 0. The number of hydrogen-bond donors (Lipinski definition) is 0. The van der Waals surface area contributed by atoms with Crippen LogP contribution in [0.3, 0.4) is 0 Å². The number of carbonyl (C=O) groups excluding carboxylic acids is 3. The van der Waals surface area contributed by atoms with Crippen LogP contribution in [0, 0.1) is 16.2 Å². The van der Waals surface area contributed by atoms with Gasteiger partial charge < -0.3 is 14.2 Å². The zero-order chi connectivity index (χ0) is 44.1. The van der Waals surface area contributed by atoms with E-state index in [1.807, 2.05) is 6.92 Å². The van der Waals surface area contributed by atoms with Crippen molar-refractivity contribution < 1.29 is 37.0 Å². The van der Waals surface area contributed by atoms with Gasteiger partial charge in [-0.25, -0.2) is 8.42 Å². The molecule has 0 radical (unpaired) electrons. The summed E-state index contributed by atoms with van der Waals surface area (Å²) in [7, 11) is 8.72. The van der Waals surface area contributed by atoms with Crippen molar-refractivity contribution in [2.45, 2.75) is 159 Å². The first-order valence-electron chi connectivity index (χ1n) is 19.6. The van der Waals surface area contributed by atoms with Crippen LogP contribution in [0.1, 0.15) is 136 Å². The second-order valence-electron chi connectivity index (χ2n) is 16.7. The molecule has 0 amide bonds. The van der Waals surface area contributed by atoms with E-state index in [0.717, 1.165) is 32.5 Å². The highest BCUT2D eigenvalue weighted by atomic mass is 32.2. The lowest BCUT2D eigenvalue weighted by molar-refractivity contribution is -0.197. The maximum Gasteiger partial charge on any atom is 0.314 e. The van der Waals surface area contributed by atoms with Crippen LogP contribution >= 0.6 is 0 Å². The van der Waals surface area contributed by atoms with Gasteiger partial charge in [-0.1, -0.05) is 48.5 Å². The first-order chi connectivity index (χ1) is 24.3. The smallest absolute Gasteiger partial charge is 0.314 e. The lowest BCUT2D eigenvalue weighted by atomic mass is 9.51. The number of hydrogen-bond acceptors (Lipinski definition) is 11. The molecular formula is C41H86N4O8S. The Kier molecular flexibility index (Phi) is 22.7. The summed E-state index contributed by atoms with van der Waals surface area (Å²) in [5.41, 5.74) is -4.15. The van der Waals surface area contributed by atoms with Gasteiger partial charge in [0, 0.05) is 23.7 Å². The van der Waals surface area contributed by atoms with E-state index in [0.29, 0.717) is 0 Å². The first kappa shape index (κ1) is 56.5. The molecule has 3 atom stereocenters. The maximum absolute atomic E-state index is 12.6. The number of ether oxygens (including phenoxy) is 3. The highest BCUT2D eigenvalue weighted by Gasteiger charge is 2.66. The average Bonchev–Trinajstić information content (AvgIpc) is 3.14. The summed E-state index contributed by atoms with van der Waals surface area (Å²) in [4.78, 5) is 44.2. The van der Waals surface area contributed by atoms with Crippen LogP contribution in [-0.4, -0.2) is 143 Å². The molecule has 54 heavy (non-hydrogen) atoms. The molecule has 0 aromatic heterocycles. The van der Waals surface area contributed by atoms with Crippen molar-refractivity contribution in [1.29, 1.82) is 0 Å². The Labute approximate surface area is 333 Å². The van der Waals surface area contributed by atoms with Gasteiger partial charge in [0.1, 0.15) is 0 Å². The van der Waals surface area contributed by atoms with E-state index in [-0.39, 0.29) is 23.0 Å². The van der Waals surface area contributed by atoms with Gasteiger partial charge in [0.25, 0.3) is 0 Å². The lowest BCUT2D eigenvalue weighted by Crippen LogP contribution is -2.67. The van der Waals surface area contributed by atoms with Crippen molar-refractivity contribution in [2.24, 2.45) is 16.2 Å². The minimum atomic E-state index is -3.20. The summed E-state index contributed by atoms with van der Waals surface area (Å²) in [5.74, 6) is -1.82. The number of sulfonamides is 1. The van der Waals surface area contributed by atoms with Gasteiger partial charge in [0.05, 0.1) is 49.4 Å². The zero-order valence-electron chi connectivity index (χ0n) is 39.4. The summed E-state index contributed by atoms with van der Waals surface area (Å²) in [6, 6.07) is 0. The molecule has 0 rings (SSSR count). The molecule has 0 aliphatic heterocycles. The van der Waals surface area contributed by atoms with E-state index >= 15 is 0 Å². The van der Waals surface area contributed by atoms with E-state index < -0.39 is 49.7 Å². The van der Waals surface area contributed by atoms with E-state index in [1.54, 1.807) is 41.7 Å². The number of methoxy groups -OCH3 is 3. The van der Waals surface area contributed by atoms with Gasteiger partial charge in [-0.3, -0.25) is 29.1 Å². The molecular weight excluding hydrogens is 709 g/mol. The van der Waals surface area contributed by atoms with Gasteiger partial charge in [0.2, 0.25) is 10.0 Å². The van der Waals surface area contributed by atoms with Crippen molar-refractivity contribution in [3.8, 4) is 0 Å². The van der Waals surface area contributed by atoms with Crippen molar-refractivity contribution in [3.63, 3.8) is 0 Å². The van der Waals surface area contributed by atoms with Crippen LogP contribution in [0.4, 0.5) is 0 Å². The Morgan fingerprint density at radius 3 is 1.00 bits per heavy atom. The van der Waals surface area contributed by atoms with Crippen LogP contribution in [0.15, 0.2) is 0 Å². The quantitative estimate of drug-likeness (QED) is 0.0996. The van der Waals surface area contributed by atoms with Crippen molar-refractivity contribution in [1.82, 2.24) is 19.0 Å². The average molecular weight is 795 g/mol. The lowest BCUT2D eigenvalue weighted by Gasteiger charge is -2.54. The van der Waals surface area contributed by atoms with E-state index in [9.17, 15) is 22.8 Å². The monoisotopic (exact) mass is 795 g/mol. The van der Waals surface area contributed by atoms with Crippen molar-refractivity contribution in [3.05, 3.63) is 0 Å². The normalized spacial score (nSPS) is 16.3. The number of nitrogens with zero attached hydrogens (tertiary/aromatic N) is 4. The predicted octanol–water partition coefficient (Wildman–Crippen LogP) is 6.96. The Balaban J connectivity index is -0.000000733. The molecule has 0 heterocycles. The third-order valence-electron chi connectivity index (χ3n) is 14.4. The molecule has 12 nitrogen and oxygen atoms in total. The first-order valence-corrected chi connectivity index (χ1v) is 21.5. The predicted molar refractivity (Wildman–Crippen MR) is 224 cm³/mol. The highest BCUT2D eigenvalue weighted by Crippen LogP contribution is 2.56. The fraction of sp³-hybridized carbons (Fsp3) is 0.927. The van der Waals surface area contributed by atoms with Crippen molar-refractivity contribution in [2.75, 3.05) is 75.4 Å². The number of rotatable bonds is 19. The summed E-state index contributed by atoms with van der Waals surface area (Å²) in [6.07, 6.45) is 4.36. The molecule has 0 aromatic rings. The van der Waals surface area contributed by atoms with E-state index in [4.69, 9.17) is 14.2 Å². The van der Waals surface area contributed by atoms with Crippen LogP contribution in [-0.2, 0) is 38.6 Å². The van der Waals surface area contributed by atoms with Gasteiger partial charge in [0.15, 0.2) is 0 Å². The molecule has 324 valence electrons. The second kappa shape index (κ2) is 21.6. The Morgan fingerprint density at radius 2 is 0.778 bits per heavy atom. The SMILES string of the molecule is CCC(C(=O)OC)(C(C)(C)C(=O)OC)C(C)(C)C(=O)OC.CCN(C)C(C)(C)C(C)(CC)N(C)CC.CCN(C)C(C)(CC)C(C)(CC)N(C)S(C)(=O)=O. The number of carbonyl (C=O) groups is 3. The number of esters is 3. The Hall–Kier alpha value is -1.80. The largest absolute Gasteiger partial charge is 0.469 e. The molecule has 0 fully saturated rings. The fourth-order valence-electron chi connectivity index (χ4n) is 8.40.